The number of ether oxygens (including phenoxy) is 1. The first-order valence-corrected chi connectivity index (χ1v) is 9.47. The van der Waals surface area contributed by atoms with Crippen LogP contribution < -0.4 is 5.32 Å². The molecule has 1 unspecified atom stereocenters. The van der Waals surface area contributed by atoms with Crippen molar-refractivity contribution in [2.24, 2.45) is 5.11 Å². The summed E-state index contributed by atoms with van der Waals surface area (Å²) < 4.78 is 5.43. The normalized spacial score (nSPS) is 13.0. The number of unbranched alkanes of at least 4 members (excludes halogenated alkanes) is 1. The van der Waals surface area contributed by atoms with E-state index in [2.05, 4.69) is 39.6 Å². The summed E-state index contributed by atoms with van der Waals surface area (Å²) in [5, 5.41) is 14.8. The van der Waals surface area contributed by atoms with Crippen LogP contribution >= 0.6 is 0 Å². The first-order valence-electron chi connectivity index (χ1n) is 9.47. The molecule has 0 aromatic heterocycles. The summed E-state index contributed by atoms with van der Waals surface area (Å²) in [6, 6.07) is 15.2. The summed E-state index contributed by atoms with van der Waals surface area (Å²) in [5.74, 6) is -1.14. The van der Waals surface area contributed by atoms with Crippen LogP contribution in [0.1, 0.15) is 36.3 Å². The molecule has 2 aromatic carbocycles. The van der Waals surface area contributed by atoms with E-state index in [1.807, 2.05) is 24.3 Å². The minimum atomic E-state index is -1.15. The molecule has 1 atom stereocenters. The van der Waals surface area contributed by atoms with Crippen molar-refractivity contribution in [3.63, 3.8) is 0 Å². The van der Waals surface area contributed by atoms with Gasteiger partial charge in [0.2, 0.25) is 0 Å². The number of nitrogens with one attached hydrogen (secondary N) is 1. The monoisotopic (exact) mass is 394 g/mol. The van der Waals surface area contributed by atoms with Crippen LogP contribution in [0.25, 0.3) is 21.6 Å². The second kappa shape index (κ2) is 9.61. The number of alkyl carbamates (subject to hydrolysis) is 1. The van der Waals surface area contributed by atoms with E-state index in [9.17, 15) is 9.59 Å². The molecule has 150 valence electrons. The van der Waals surface area contributed by atoms with Crippen molar-refractivity contribution < 1.29 is 19.4 Å². The number of carbonyl (C=O) groups excluding carboxylic acids is 1. The number of carboxylic acids is 1. The Morgan fingerprint density at radius 1 is 1.10 bits per heavy atom. The van der Waals surface area contributed by atoms with E-state index in [1.54, 1.807) is 0 Å². The van der Waals surface area contributed by atoms with Gasteiger partial charge in [0.15, 0.2) is 0 Å². The van der Waals surface area contributed by atoms with Crippen LogP contribution in [0.15, 0.2) is 53.6 Å². The Balaban J connectivity index is 1.46. The molecule has 29 heavy (non-hydrogen) atoms. The number of aliphatic carboxylic acids is 1. The van der Waals surface area contributed by atoms with Gasteiger partial charge < -0.3 is 15.2 Å². The number of nitrogens with zero attached hydrogens (tertiary/aromatic N) is 3. The van der Waals surface area contributed by atoms with E-state index in [4.69, 9.17) is 15.4 Å². The maximum Gasteiger partial charge on any atom is 0.407 e. The number of azide groups is 1. The lowest BCUT2D eigenvalue weighted by Crippen LogP contribution is -2.27. The average Bonchev–Trinajstić information content (AvgIpc) is 3.05. The topological polar surface area (TPSA) is 124 Å². The second-order valence-corrected chi connectivity index (χ2v) is 6.81. The zero-order chi connectivity index (χ0) is 20.6. The number of hydrogen-bond donors (Lipinski definition) is 2. The number of carboxylic acid groups (broad SMARTS) is 1. The van der Waals surface area contributed by atoms with Gasteiger partial charge in [0.1, 0.15) is 12.6 Å². The van der Waals surface area contributed by atoms with E-state index in [1.165, 1.54) is 11.1 Å². The molecule has 2 N–H and O–H groups in total. The highest BCUT2D eigenvalue weighted by Gasteiger charge is 2.28. The molecule has 0 bridgehead atoms. The van der Waals surface area contributed by atoms with Gasteiger partial charge in [-0.1, -0.05) is 60.1 Å². The van der Waals surface area contributed by atoms with Gasteiger partial charge in [-0.15, -0.1) is 0 Å². The van der Waals surface area contributed by atoms with Crippen molar-refractivity contribution >= 4 is 12.1 Å². The maximum atomic E-state index is 12.0. The Kier molecular flexibility index (Phi) is 6.71. The predicted octanol–water partition coefficient (Wildman–Crippen LogP) is 4.46. The number of amides is 1. The minimum Gasteiger partial charge on any atom is -0.481 e. The SMILES string of the molecule is [N-]=[N+]=NC(CCCCNC(=O)OCC1c2ccccc2-c2ccccc21)C(=O)O. The Morgan fingerprint density at radius 3 is 2.31 bits per heavy atom. The standard InChI is InChI=1S/C21H22N4O4/c22-25-24-19(20(26)27)11-5-6-12-23-21(28)29-13-18-16-9-3-1-7-14(16)15-8-2-4-10-17(15)18/h1-4,7-10,18-19H,5-6,11-13H2,(H,23,28)(H,26,27). The van der Waals surface area contributed by atoms with Gasteiger partial charge in [0.05, 0.1) is 0 Å². The summed E-state index contributed by atoms with van der Waals surface area (Å²) in [4.78, 5) is 25.5. The molecule has 3 rings (SSSR count). The second-order valence-electron chi connectivity index (χ2n) is 6.81. The quantitative estimate of drug-likeness (QED) is 0.282. The molecule has 0 saturated heterocycles. The average molecular weight is 394 g/mol. The molecule has 0 heterocycles. The van der Waals surface area contributed by atoms with Crippen molar-refractivity contribution in [3.8, 4) is 11.1 Å². The van der Waals surface area contributed by atoms with Crippen LogP contribution in [0, 0.1) is 0 Å². The summed E-state index contributed by atoms with van der Waals surface area (Å²) in [6.45, 7) is 0.608. The predicted molar refractivity (Wildman–Crippen MR) is 107 cm³/mol. The van der Waals surface area contributed by atoms with Crippen molar-refractivity contribution in [3.05, 3.63) is 70.1 Å². The van der Waals surface area contributed by atoms with Gasteiger partial charge in [-0.05, 0) is 40.6 Å². The zero-order valence-electron chi connectivity index (χ0n) is 15.8. The van der Waals surface area contributed by atoms with E-state index < -0.39 is 18.1 Å². The van der Waals surface area contributed by atoms with Gasteiger partial charge in [-0.3, -0.25) is 4.79 Å². The lowest BCUT2D eigenvalue weighted by molar-refractivity contribution is -0.138. The summed E-state index contributed by atoms with van der Waals surface area (Å²) in [6.07, 6.45) is 0.803. The van der Waals surface area contributed by atoms with Gasteiger partial charge in [-0.25, -0.2) is 4.79 Å². The maximum absolute atomic E-state index is 12.0. The number of carbonyl (C=O) groups is 2. The Labute approximate surface area is 168 Å². The zero-order valence-corrected chi connectivity index (χ0v) is 15.8. The van der Waals surface area contributed by atoms with Crippen molar-refractivity contribution in [2.75, 3.05) is 13.2 Å². The smallest absolute Gasteiger partial charge is 0.407 e. The molecule has 1 aliphatic carbocycles. The lowest BCUT2D eigenvalue weighted by Gasteiger charge is -2.14. The molecule has 0 aliphatic heterocycles. The third kappa shape index (κ3) is 4.86. The Bertz CT molecular complexity index is 892. The number of fused-ring (bicyclic) bond motifs is 3. The van der Waals surface area contributed by atoms with Gasteiger partial charge in [0.25, 0.3) is 0 Å². The minimum absolute atomic E-state index is 0.00770. The third-order valence-corrected chi connectivity index (χ3v) is 4.99. The first-order chi connectivity index (χ1) is 14.1. The number of benzene rings is 2. The molecule has 8 heteroatoms. The summed E-state index contributed by atoms with van der Waals surface area (Å²) in [5.41, 5.74) is 13.0. The summed E-state index contributed by atoms with van der Waals surface area (Å²) >= 11 is 0. The molecular formula is C21H22N4O4. The Morgan fingerprint density at radius 2 is 1.72 bits per heavy atom. The Hall–Kier alpha value is -3.51. The molecule has 0 fully saturated rings. The van der Waals surface area contributed by atoms with E-state index in [0.29, 0.717) is 19.4 Å². The molecule has 1 aliphatic rings. The molecule has 1 amide bonds. The molecule has 0 spiro atoms. The molecule has 0 radical (unpaired) electrons. The van der Waals surface area contributed by atoms with Gasteiger partial charge in [-0.2, -0.15) is 0 Å². The van der Waals surface area contributed by atoms with Crippen molar-refractivity contribution in [2.45, 2.75) is 31.2 Å². The van der Waals surface area contributed by atoms with Crippen LogP contribution in [0.2, 0.25) is 0 Å². The molecular weight excluding hydrogens is 372 g/mol. The molecule has 8 nitrogen and oxygen atoms in total. The van der Waals surface area contributed by atoms with Gasteiger partial charge >= 0.3 is 12.1 Å². The largest absolute Gasteiger partial charge is 0.481 e. The van der Waals surface area contributed by atoms with Crippen LogP contribution in [0.3, 0.4) is 0 Å². The third-order valence-electron chi connectivity index (χ3n) is 4.99. The highest BCUT2D eigenvalue weighted by molar-refractivity contribution is 5.79. The van der Waals surface area contributed by atoms with Crippen LogP contribution in [-0.2, 0) is 9.53 Å². The first kappa shape index (κ1) is 20.2. The van der Waals surface area contributed by atoms with Crippen LogP contribution in [0.5, 0.6) is 0 Å². The summed E-state index contributed by atoms with van der Waals surface area (Å²) in [7, 11) is 0. The van der Waals surface area contributed by atoms with Crippen LogP contribution in [-0.4, -0.2) is 36.4 Å². The van der Waals surface area contributed by atoms with E-state index >= 15 is 0 Å². The molecule has 2 aromatic rings. The van der Waals surface area contributed by atoms with Gasteiger partial charge in [0, 0.05) is 17.4 Å². The number of rotatable bonds is 9. The van der Waals surface area contributed by atoms with E-state index in [0.717, 1.165) is 11.1 Å². The molecule has 0 saturated carbocycles. The van der Waals surface area contributed by atoms with Crippen LogP contribution in [0.4, 0.5) is 4.79 Å². The fourth-order valence-electron chi connectivity index (χ4n) is 3.60. The lowest BCUT2D eigenvalue weighted by atomic mass is 9.98. The van der Waals surface area contributed by atoms with Crippen molar-refractivity contribution in [1.29, 1.82) is 0 Å². The van der Waals surface area contributed by atoms with E-state index in [-0.39, 0.29) is 18.9 Å². The highest BCUT2D eigenvalue weighted by Crippen LogP contribution is 2.44. The fraction of sp³-hybridized carbons (Fsp3) is 0.333. The van der Waals surface area contributed by atoms with Crippen molar-refractivity contribution in [1.82, 2.24) is 5.32 Å². The number of hydrogen-bond acceptors (Lipinski definition) is 4. The fourth-order valence-corrected chi connectivity index (χ4v) is 3.60. The highest BCUT2D eigenvalue weighted by atomic mass is 16.5.